The summed E-state index contributed by atoms with van der Waals surface area (Å²) >= 11 is 0. The summed E-state index contributed by atoms with van der Waals surface area (Å²) in [5.41, 5.74) is -0.585. The molecule has 0 atom stereocenters. The average molecular weight is 287 g/mol. The maximum Gasteiger partial charge on any atom is 0.305 e. The summed E-state index contributed by atoms with van der Waals surface area (Å²) in [4.78, 5) is 13.3. The minimum Gasteiger partial charge on any atom is -0.466 e. The van der Waals surface area contributed by atoms with E-state index < -0.39 is 5.60 Å². The van der Waals surface area contributed by atoms with Crippen molar-refractivity contribution in [3.8, 4) is 0 Å². The van der Waals surface area contributed by atoms with E-state index in [0.29, 0.717) is 32.8 Å². The van der Waals surface area contributed by atoms with Crippen LogP contribution in [0, 0.1) is 0 Å². The molecule has 5 nitrogen and oxygen atoms in total. The van der Waals surface area contributed by atoms with Gasteiger partial charge < -0.3 is 19.5 Å². The van der Waals surface area contributed by atoms with Gasteiger partial charge >= 0.3 is 5.97 Å². The molecule has 0 aromatic carbocycles. The van der Waals surface area contributed by atoms with Crippen LogP contribution in [0.5, 0.6) is 0 Å². The third-order valence-corrected chi connectivity index (χ3v) is 3.71. The Morgan fingerprint density at radius 2 is 2.00 bits per heavy atom. The van der Waals surface area contributed by atoms with Gasteiger partial charge in [0, 0.05) is 39.0 Å². The van der Waals surface area contributed by atoms with Crippen molar-refractivity contribution in [2.45, 2.75) is 51.0 Å². The van der Waals surface area contributed by atoms with Gasteiger partial charge in [-0.05, 0) is 33.4 Å². The van der Waals surface area contributed by atoms with Crippen LogP contribution in [-0.2, 0) is 14.3 Å². The zero-order valence-electron chi connectivity index (χ0n) is 12.9. The van der Waals surface area contributed by atoms with Gasteiger partial charge in [-0.3, -0.25) is 4.79 Å². The average Bonchev–Trinajstić information content (AvgIpc) is 2.39. The molecule has 20 heavy (non-hydrogen) atoms. The summed E-state index contributed by atoms with van der Waals surface area (Å²) < 4.78 is 10.2. The van der Waals surface area contributed by atoms with Crippen molar-refractivity contribution in [3.63, 3.8) is 0 Å². The maximum absolute atomic E-state index is 11.2. The molecule has 1 fully saturated rings. The van der Waals surface area contributed by atoms with Gasteiger partial charge in [0.25, 0.3) is 0 Å². The van der Waals surface area contributed by atoms with Crippen molar-refractivity contribution in [1.29, 1.82) is 0 Å². The van der Waals surface area contributed by atoms with Crippen LogP contribution in [0.4, 0.5) is 0 Å². The molecule has 1 N–H and O–H groups in total. The van der Waals surface area contributed by atoms with E-state index in [1.165, 1.54) is 0 Å². The highest BCUT2D eigenvalue weighted by Gasteiger charge is 2.30. The van der Waals surface area contributed by atoms with Crippen LogP contribution >= 0.6 is 0 Å². The van der Waals surface area contributed by atoms with Crippen molar-refractivity contribution in [3.05, 3.63) is 0 Å². The zero-order chi connectivity index (χ0) is 14.8. The molecule has 1 rings (SSSR count). The third kappa shape index (κ3) is 7.22. The van der Waals surface area contributed by atoms with E-state index >= 15 is 0 Å². The van der Waals surface area contributed by atoms with E-state index in [2.05, 4.69) is 4.90 Å². The van der Waals surface area contributed by atoms with Crippen molar-refractivity contribution < 1.29 is 19.4 Å². The van der Waals surface area contributed by atoms with Crippen LogP contribution in [0.1, 0.15) is 45.4 Å². The zero-order valence-corrected chi connectivity index (χ0v) is 12.9. The van der Waals surface area contributed by atoms with Gasteiger partial charge in [0.05, 0.1) is 12.2 Å². The van der Waals surface area contributed by atoms with E-state index in [4.69, 9.17) is 9.47 Å². The van der Waals surface area contributed by atoms with Crippen molar-refractivity contribution in [1.82, 2.24) is 4.90 Å². The Labute approximate surface area is 122 Å². The van der Waals surface area contributed by atoms with Crippen molar-refractivity contribution in [2.75, 3.05) is 40.0 Å². The number of nitrogens with zero attached hydrogens (tertiary/aromatic N) is 1. The first-order chi connectivity index (χ1) is 9.56. The molecular weight excluding hydrogens is 258 g/mol. The van der Waals surface area contributed by atoms with Gasteiger partial charge in [0.2, 0.25) is 0 Å². The lowest BCUT2D eigenvalue weighted by atomic mass is 9.94. The fraction of sp³-hybridized carbons (Fsp3) is 0.933. The highest BCUT2D eigenvalue weighted by molar-refractivity contribution is 5.69. The number of likely N-dealkylation sites (N-methyl/N-ethyl adjacent to an activating group) is 1. The van der Waals surface area contributed by atoms with Gasteiger partial charge in [0.15, 0.2) is 0 Å². The van der Waals surface area contributed by atoms with E-state index in [1.807, 2.05) is 14.0 Å². The predicted molar refractivity (Wildman–Crippen MR) is 77.6 cm³/mol. The van der Waals surface area contributed by atoms with E-state index in [-0.39, 0.29) is 5.97 Å². The second kappa shape index (κ2) is 9.32. The normalized spacial score (nSPS) is 18.2. The molecule has 0 unspecified atom stereocenters. The summed E-state index contributed by atoms with van der Waals surface area (Å²) in [5, 5.41) is 10.4. The van der Waals surface area contributed by atoms with Gasteiger partial charge in [-0.2, -0.15) is 0 Å². The number of aliphatic hydroxyl groups is 1. The standard InChI is InChI=1S/C15H29NO4/c1-3-20-14(17)7-5-4-6-10-16(2)13-15(18)8-11-19-12-9-15/h18H,3-13H2,1-2H3. The first kappa shape index (κ1) is 17.4. The van der Waals surface area contributed by atoms with Gasteiger partial charge in [-0.25, -0.2) is 0 Å². The van der Waals surface area contributed by atoms with Gasteiger partial charge in [0.1, 0.15) is 0 Å². The number of esters is 1. The Bertz CT molecular complexity index is 277. The molecule has 0 spiro atoms. The smallest absolute Gasteiger partial charge is 0.305 e. The monoisotopic (exact) mass is 287 g/mol. The number of carbonyl (C=O) groups is 1. The SMILES string of the molecule is CCOC(=O)CCCCCN(C)CC1(O)CCOCC1. The Hall–Kier alpha value is -0.650. The van der Waals surface area contributed by atoms with Crippen LogP contribution < -0.4 is 0 Å². The van der Waals surface area contributed by atoms with Crippen LogP contribution in [0.25, 0.3) is 0 Å². The fourth-order valence-electron chi connectivity index (χ4n) is 2.55. The molecule has 118 valence electrons. The summed E-state index contributed by atoms with van der Waals surface area (Å²) in [7, 11) is 2.04. The number of rotatable bonds is 9. The molecule has 5 heteroatoms. The summed E-state index contributed by atoms with van der Waals surface area (Å²) in [5.74, 6) is -0.0997. The summed E-state index contributed by atoms with van der Waals surface area (Å²) in [6.45, 7) is 5.26. The minimum atomic E-state index is -0.585. The summed E-state index contributed by atoms with van der Waals surface area (Å²) in [6, 6.07) is 0. The molecule has 0 aromatic rings. The number of unbranched alkanes of at least 4 members (excludes halogenated alkanes) is 2. The predicted octanol–water partition coefficient (Wildman–Crippen LogP) is 1.58. The van der Waals surface area contributed by atoms with Crippen molar-refractivity contribution in [2.24, 2.45) is 0 Å². The Kier molecular flexibility index (Phi) is 8.11. The van der Waals surface area contributed by atoms with E-state index in [0.717, 1.165) is 38.6 Å². The highest BCUT2D eigenvalue weighted by Crippen LogP contribution is 2.21. The molecule has 0 amide bonds. The molecule has 0 radical (unpaired) electrons. The number of carbonyl (C=O) groups excluding carboxylic acids is 1. The van der Waals surface area contributed by atoms with Crippen LogP contribution in [0.2, 0.25) is 0 Å². The first-order valence-corrected chi connectivity index (χ1v) is 7.70. The van der Waals surface area contributed by atoms with Crippen molar-refractivity contribution >= 4 is 5.97 Å². The number of hydrogen-bond donors (Lipinski definition) is 1. The van der Waals surface area contributed by atoms with Gasteiger partial charge in [-0.1, -0.05) is 6.42 Å². The Morgan fingerprint density at radius 3 is 2.65 bits per heavy atom. The molecular formula is C15H29NO4. The molecule has 0 aliphatic carbocycles. The molecule has 1 saturated heterocycles. The molecule has 0 aromatic heterocycles. The second-order valence-corrected chi connectivity index (χ2v) is 5.69. The van der Waals surface area contributed by atoms with Crippen LogP contribution in [-0.4, -0.2) is 61.5 Å². The highest BCUT2D eigenvalue weighted by atomic mass is 16.5. The van der Waals surface area contributed by atoms with Crippen LogP contribution in [0.3, 0.4) is 0 Å². The first-order valence-electron chi connectivity index (χ1n) is 7.70. The lowest BCUT2D eigenvalue weighted by Gasteiger charge is -2.35. The lowest BCUT2D eigenvalue weighted by Crippen LogP contribution is -2.45. The Morgan fingerprint density at radius 1 is 1.30 bits per heavy atom. The molecule has 1 heterocycles. The Balaban J connectivity index is 2.05. The largest absolute Gasteiger partial charge is 0.466 e. The summed E-state index contributed by atoms with van der Waals surface area (Å²) in [6.07, 6.45) is 4.90. The van der Waals surface area contributed by atoms with Gasteiger partial charge in [-0.15, -0.1) is 0 Å². The number of hydrogen-bond acceptors (Lipinski definition) is 5. The molecule has 1 aliphatic rings. The second-order valence-electron chi connectivity index (χ2n) is 5.69. The molecule has 0 saturated carbocycles. The maximum atomic E-state index is 11.2. The molecule has 1 aliphatic heterocycles. The lowest BCUT2D eigenvalue weighted by molar-refractivity contribution is -0.143. The fourth-order valence-corrected chi connectivity index (χ4v) is 2.55. The molecule has 0 bridgehead atoms. The quantitative estimate of drug-likeness (QED) is 0.515. The minimum absolute atomic E-state index is 0.0997. The topological polar surface area (TPSA) is 59.0 Å². The van der Waals surface area contributed by atoms with Crippen LogP contribution in [0.15, 0.2) is 0 Å². The third-order valence-electron chi connectivity index (χ3n) is 3.71. The number of ether oxygens (including phenoxy) is 2. The van der Waals surface area contributed by atoms with E-state index in [9.17, 15) is 9.90 Å². The van der Waals surface area contributed by atoms with E-state index in [1.54, 1.807) is 0 Å².